The average molecular weight is 218 g/mol. The van der Waals surface area contributed by atoms with Crippen LogP contribution in [-0.4, -0.2) is 37.0 Å². The Kier molecular flexibility index (Phi) is 3.12. The molecule has 0 bridgehead atoms. The molecule has 14 heavy (non-hydrogen) atoms. The summed E-state index contributed by atoms with van der Waals surface area (Å²) < 4.78 is 26.4. The van der Waals surface area contributed by atoms with E-state index in [-0.39, 0.29) is 0 Å². The number of nitrogens with one attached hydrogen (secondary N) is 2. The summed E-state index contributed by atoms with van der Waals surface area (Å²) in [5, 5.41) is 6.37. The molecule has 0 aliphatic rings. The molecule has 1 heterocycles. The van der Waals surface area contributed by atoms with Crippen molar-refractivity contribution in [1.82, 2.24) is 14.5 Å². The summed E-state index contributed by atoms with van der Waals surface area (Å²) in [4.78, 5) is 0. The van der Waals surface area contributed by atoms with Crippen molar-refractivity contribution in [2.24, 2.45) is 0 Å². The molecular formula is C7H14N4O2S. The van der Waals surface area contributed by atoms with Crippen LogP contribution in [0.5, 0.6) is 0 Å². The second-order valence-corrected chi connectivity index (χ2v) is 4.90. The first-order valence-corrected chi connectivity index (χ1v) is 5.64. The third-order valence-corrected chi connectivity index (χ3v) is 3.23. The van der Waals surface area contributed by atoms with E-state index in [1.54, 1.807) is 6.20 Å². The SMILES string of the molecule is CCc1cn[nH]c1NS(=O)(=O)N(C)C. The molecule has 1 rings (SSSR count). The van der Waals surface area contributed by atoms with E-state index in [0.29, 0.717) is 5.82 Å². The zero-order valence-electron chi connectivity index (χ0n) is 8.40. The van der Waals surface area contributed by atoms with Crippen molar-refractivity contribution in [3.05, 3.63) is 11.8 Å². The fraction of sp³-hybridized carbons (Fsp3) is 0.571. The topological polar surface area (TPSA) is 78.1 Å². The van der Waals surface area contributed by atoms with Crippen molar-refractivity contribution < 1.29 is 8.42 Å². The standard InChI is InChI=1S/C7H14N4O2S/c1-4-6-5-8-9-7(6)10-14(12,13)11(2)3/h5H,4H2,1-3H3,(H2,8,9,10). The molecule has 1 aromatic heterocycles. The molecule has 0 aliphatic heterocycles. The first-order valence-electron chi connectivity index (χ1n) is 4.20. The van der Waals surface area contributed by atoms with Gasteiger partial charge in [-0.05, 0) is 6.42 Å². The van der Waals surface area contributed by atoms with Crippen molar-refractivity contribution in [3.63, 3.8) is 0 Å². The first kappa shape index (κ1) is 11.0. The third kappa shape index (κ3) is 2.24. The number of hydrogen-bond acceptors (Lipinski definition) is 3. The van der Waals surface area contributed by atoms with Crippen LogP contribution in [0.2, 0.25) is 0 Å². The van der Waals surface area contributed by atoms with Crippen LogP contribution in [0, 0.1) is 0 Å². The van der Waals surface area contributed by atoms with Crippen LogP contribution in [0.25, 0.3) is 0 Å². The van der Waals surface area contributed by atoms with Gasteiger partial charge in [-0.25, -0.2) is 0 Å². The summed E-state index contributed by atoms with van der Waals surface area (Å²) in [5.41, 5.74) is 0.843. The van der Waals surface area contributed by atoms with Gasteiger partial charge in [0.2, 0.25) is 0 Å². The van der Waals surface area contributed by atoms with E-state index in [9.17, 15) is 8.42 Å². The Bertz CT molecular complexity index is 396. The van der Waals surface area contributed by atoms with Crippen LogP contribution in [0.15, 0.2) is 6.20 Å². The normalized spacial score (nSPS) is 12.0. The molecule has 0 atom stereocenters. The van der Waals surface area contributed by atoms with Gasteiger partial charge in [0.1, 0.15) is 5.82 Å². The lowest BCUT2D eigenvalue weighted by Crippen LogP contribution is -2.29. The van der Waals surface area contributed by atoms with Crippen LogP contribution in [0.4, 0.5) is 5.82 Å². The van der Waals surface area contributed by atoms with E-state index in [1.165, 1.54) is 14.1 Å². The fourth-order valence-corrected chi connectivity index (χ4v) is 1.51. The molecule has 0 fully saturated rings. The van der Waals surface area contributed by atoms with Crippen LogP contribution in [0.1, 0.15) is 12.5 Å². The molecule has 6 nitrogen and oxygen atoms in total. The predicted octanol–water partition coefficient (Wildman–Crippen LogP) is 0.190. The number of H-pyrrole nitrogens is 1. The second-order valence-electron chi connectivity index (χ2n) is 3.01. The molecule has 0 aliphatic carbocycles. The van der Waals surface area contributed by atoms with Crippen molar-refractivity contribution in [3.8, 4) is 0 Å². The molecular weight excluding hydrogens is 204 g/mol. The van der Waals surface area contributed by atoms with Gasteiger partial charge in [-0.15, -0.1) is 0 Å². The van der Waals surface area contributed by atoms with E-state index in [2.05, 4.69) is 14.9 Å². The third-order valence-electron chi connectivity index (χ3n) is 1.81. The molecule has 1 aromatic rings. The first-order chi connectivity index (χ1) is 6.47. The minimum atomic E-state index is -3.44. The minimum absolute atomic E-state index is 0.432. The Morgan fingerprint density at radius 3 is 2.71 bits per heavy atom. The van der Waals surface area contributed by atoms with Crippen molar-refractivity contribution in [1.29, 1.82) is 0 Å². The van der Waals surface area contributed by atoms with Crippen LogP contribution < -0.4 is 4.72 Å². The lowest BCUT2D eigenvalue weighted by Gasteiger charge is -2.12. The molecule has 7 heteroatoms. The summed E-state index contributed by atoms with van der Waals surface area (Å²) in [5.74, 6) is 0.432. The maximum atomic E-state index is 11.4. The Hall–Kier alpha value is -1.08. The van der Waals surface area contributed by atoms with E-state index in [1.807, 2.05) is 6.92 Å². The highest BCUT2D eigenvalue weighted by Gasteiger charge is 2.15. The van der Waals surface area contributed by atoms with Gasteiger partial charge < -0.3 is 0 Å². The van der Waals surface area contributed by atoms with Gasteiger partial charge in [0, 0.05) is 19.7 Å². The number of aromatic nitrogens is 2. The molecule has 0 unspecified atom stereocenters. The van der Waals surface area contributed by atoms with Gasteiger partial charge in [-0.1, -0.05) is 6.92 Å². The summed E-state index contributed by atoms with van der Waals surface area (Å²) in [6.45, 7) is 1.93. The lowest BCUT2D eigenvalue weighted by molar-refractivity contribution is 0.526. The average Bonchev–Trinajstić information content (AvgIpc) is 2.50. The summed E-state index contributed by atoms with van der Waals surface area (Å²) in [7, 11) is -0.516. The van der Waals surface area contributed by atoms with Gasteiger partial charge in [0.25, 0.3) is 0 Å². The smallest absolute Gasteiger partial charge is 0.262 e. The highest BCUT2D eigenvalue weighted by Crippen LogP contribution is 2.13. The quantitative estimate of drug-likeness (QED) is 0.757. The number of hydrogen-bond donors (Lipinski definition) is 2. The van der Waals surface area contributed by atoms with Crippen molar-refractivity contribution in [2.75, 3.05) is 18.8 Å². The number of nitrogens with zero attached hydrogens (tertiary/aromatic N) is 2. The summed E-state index contributed by atoms with van der Waals surface area (Å²) >= 11 is 0. The van der Waals surface area contributed by atoms with Crippen LogP contribution in [0.3, 0.4) is 0 Å². The Labute approximate surface area is 83.5 Å². The van der Waals surface area contributed by atoms with Gasteiger partial charge in [-0.2, -0.15) is 17.8 Å². The largest absolute Gasteiger partial charge is 0.302 e. The maximum absolute atomic E-state index is 11.4. The lowest BCUT2D eigenvalue weighted by atomic mass is 10.3. The van der Waals surface area contributed by atoms with Gasteiger partial charge in [0.15, 0.2) is 0 Å². The number of rotatable bonds is 4. The van der Waals surface area contributed by atoms with E-state index < -0.39 is 10.2 Å². The Balaban J connectivity index is 2.89. The number of aryl methyl sites for hydroxylation is 1. The molecule has 0 saturated heterocycles. The molecule has 0 saturated carbocycles. The van der Waals surface area contributed by atoms with Crippen LogP contribution >= 0.6 is 0 Å². The summed E-state index contributed by atoms with van der Waals surface area (Å²) in [6.07, 6.45) is 2.33. The van der Waals surface area contributed by atoms with Crippen molar-refractivity contribution >= 4 is 16.0 Å². The van der Waals surface area contributed by atoms with Gasteiger partial charge in [0.05, 0.1) is 6.20 Å². The highest BCUT2D eigenvalue weighted by atomic mass is 32.2. The Morgan fingerprint density at radius 1 is 1.57 bits per heavy atom. The molecule has 0 spiro atoms. The minimum Gasteiger partial charge on any atom is -0.262 e. The fourth-order valence-electron chi connectivity index (χ4n) is 0.888. The van der Waals surface area contributed by atoms with Gasteiger partial charge in [-0.3, -0.25) is 9.82 Å². The highest BCUT2D eigenvalue weighted by molar-refractivity contribution is 7.90. The molecule has 80 valence electrons. The van der Waals surface area contributed by atoms with E-state index in [4.69, 9.17) is 0 Å². The monoisotopic (exact) mass is 218 g/mol. The predicted molar refractivity (Wildman–Crippen MR) is 54.2 cm³/mol. The Morgan fingerprint density at radius 2 is 2.21 bits per heavy atom. The second kappa shape index (κ2) is 3.97. The summed E-state index contributed by atoms with van der Waals surface area (Å²) in [6, 6.07) is 0. The van der Waals surface area contributed by atoms with E-state index in [0.717, 1.165) is 16.3 Å². The molecule has 2 N–H and O–H groups in total. The van der Waals surface area contributed by atoms with Crippen molar-refractivity contribution in [2.45, 2.75) is 13.3 Å². The van der Waals surface area contributed by atoms with Gasteiger partial charge >= 0.3 is 10.2 Å². The number of anilines is 1. The van der Waals surface area contributed by atoms with E-state index >= 15 is 0 Å². The maximum Gasteiger partial charge on any atom is 0.302 e. The zero-order valence-corrected chi connectivity index (χ0v) is 9.22. The molecule has 0 radical (unpaired) electrons. The molecule has 0 aromatic carbocycles. The molecule has 0 amide bonds. The zero-order chi connectivity index (χ0) is 10.8. The van der Waals surface area contributed by atoms with Crippen LogP contribution in [-0.2, 0) is 16.6 Å². The number of aromatic amines is 1.